The van der Waals surface area contributed by atoms with Crippen LogP contribution in [-0.2, 0) is 6.42 Å². The van der Waals surface area contributed by atoms with E-state index in [0.29, 0.717) is 12.5 Å². The molecule has 1 saturated heterocycles. The summed E-state index contributed by atoms with van der Waals surface area (Å²) in [5.41, 5.74) is 3.83. The predicted molar refractivity (Wildman–Crippen MR) is 93.0 cm³/mol. The van der Waals surface area contributed by atoms with Crippen molar-refractivity contribution in [3.05, 3.63) is 41.6 Å². The first-order valence-corrected chi connectivity index (χ1v) is 8.28. The second-order valence-electron chi connectivity index (χ2n) is 6.59. The molecule has 1 aromatic carbocycles. The van der Waals surface area contributed by atoms with E-state index < -0.39 is 0 Å². The van der Waals surface area contributed by atoms with Gasteiger partial charge in [0.25, 0.3) is 0 Å². The fourth-order valence-corrected chi connectivity index (χ4v) is 3.36. The molecule has 2 atom stereocenters. The molecule has 1 fully saturated rings. The van der Waals surface area contributed by atoms with Crippen LogP contribution >= 0.6 is 0 Å². The zero-order valence-corrected chi connectivity index (χ0v) is 13.5. The van der Waals surface area contributed by atoms with E-state index in [1.54, 1.807) is 0 Å². The lowest BCUT2D eigenvalue weighted by molar-refractivity contribution is 0.199. The number of benzene rings is 1. The van der Waals surface area contributed by atoms with Crippen LogP contribution in [0.25, 0.3) is 17.0 Å². The number of likely N-dealkylation sites (N-methyl/N-ethyl adjacent to an activating group) is 1. The number of aromatic amines is 1. The van der Waals surface area contributed by atoms with Crippen LogP contribution < -0.4 is 0 Å². The number of hydrogen-bond acceptors (Lipinski definition) is 2. The monoisotopic (exact) mass is 298 g/mol. The molecule has 1 aliphatic heterocycles. The number of H-pyrrole nitrogens is 1. The number of aliphatic hydroxyl groups is 1. The smallest absolute Gasteiger partial charge is 0.0546 e. The number of hydrogen-bond donors (Lipinski definition) is 2. The fourth-order valence-electron chi connectivity index (χ4n) is 3.36. The minimum absolute atomic E-state index is 0.277. The average molecular weight is 298 g/mol. The second-order valence-corrected chi connectivity index (χ2v) is 6.59. The van der Waals surface area contributed by atoms with Crippen molar-refractivity contribution in [3.63, 3.8) is 0 Å². The largest absolute Gasteiger partial charge is 0.393 e. The van der Waals surface area contributed by atoms with Gasteiger partial charge in [0, 0.05) is 23.1 Å². The van der Waals surface area contributed by atoms with Crippen molar-refractivity contribution in [2.75, 3.05) is 13.6 Å². The Morgan fingerprint density at radius 3 is 3.05 bits per heavy atom. The molecule has 2 heterocycles. The van der Waals surface area contributed by atoms with Gasteiger partial charge in [0.15, 0.2) is 0 Å². The van der Waals surface area contributed by atoms with Crippen molar-refractivity contribution >= 4 is 17.0 Å². The van der Waals surface area contributed by atoms with Crippen LogP contribution in [0.15, 0.2) is 30.5 Å². The second kappa shape index (κ2) is 6.67. The predicted octanol–water partition coefficient (Wildman–Crippen LogP) is 3.59. The van der Waals surface area contributed by atoms with E-state index >= 15 is 0 Å². The van der Waals surface area contributed by atoms with E-state index in [4.69, 9.17) is 0 Å². The van der Waals surface area contributed by atoms with Crippen molar-refractivity contribution in [1.82, 2.24) is 9.88 Å². The Morgan fingerprint density at radius 2 is 2.32 bits per heavy atom. The summed E-state index contributed by atoms with van der Waals surface area (Å²) < 4.78 is 0. The Bertz CT molecular complexity index is 656. The number of aliphatic hydroxyl groups excluding tert-OH is 1. The van der Waals surface area contributed by atoms with Crippen molar-refractivity contribution in [2.24, 2.45) is 0 Å². The van der Waals surface area contributed by atoms with Crippen LogP contribution in [0.3, 0.4) is 0 Å². The van der Waals surface area contributed by atoms with E-state index in [1.165, 1.54) is 41.4 Å². The molecular formula is C19H26N2O. The molecule has 1 aromatic heterocycles. The molecule has 0 radical (unpaired) electrons. The summed E-state index contributed by atoms with van der Waals surface area (Å²) in [4.78, 5) is 5.87. The molecule has 0 spiro atoms. The molecular weight excluding hydrogens is 272 g/mol. The molecule has 0 bridgehead atoms. The molecule has 1 unspecified atom stereocenters. The molecule has 3 heteroatoms. The molecule has 22 heavy (non-hydrogen) atoms. The molecule has 2 N–H and O–H groups in total. The van der Waals surface area contributed by atoms with Crippen molar-refractivity contribution in [2.45, 2.75) is 44.8 Å². The number of fused-ring (bicyclic) bond motifs is 1. The van der Waals surface area contributed by atoms with Gasteiger partial charge in [-0.25, -0.2) is 0 Å². The number of nitrogens with zero attached hydrogens (tertiary/aromatic N) is 1. The zero-order chi connectivity index (χ0) is 15.5. The van der Waals surface area contributed by atoms with Gasteiger partial charge in [-0.15, -0.1) is 0 Å². The first kappa shape index (κ1) is 15.3. The van der Waals surface area contributed by atoms with E-state index in [2.05, 4.69) is 47.4 Å². The van der Waals surface area contributed by atoms with Crippen LogP contribution in [-0.4, -0.2) is 40.7 Å². The Hall–Kier alpha value is -1.58. The SMILES string of the molecule is CC(O)C/C=C/c1ccc2[nH]cc(C[C@H]3CCCN3C)c2c1. The van der Waals surface area contributed by atoms with Gasteiger partial charge in [0.1, 0.15) is 0 Å². The van der Waals surface area contributed by atoms with E-state index in [9.17, 15) is 5.11 Å². The number of nitrogens with one attached hydrogen (secondary N) is 1. The number of likely N-dealkylation sites (tertiary alicyclic amines) is 1. The average Bonchev–Trinajstić information content (AvgIpc) is 3.06. The van der Waals surface area contributed by atoms with Crippen LogP contribution in [0.4, 0.5) is 0 Å². The maximum Gasteiger partial charge on any atom is 0.0546 e. The van der Waals surface area contributed by atoms with Crippen molar-refractivity contribution < 1.29 is 5.11 Å². The van der Waals surface area contributed by atoms with E-state index in [-0.39, 0.29) is 6.10 Å². The fraction of sp³-hybridized carbons (Fsp3) is 0.474. The molecule has 2 aromatic rings. The summed E-state index contributed by atoms with van der Waals surface area (Å²) in [5, 5.41) is 10.7. The number of rotatable bonds is 5. The molecule has 1 aliphatic rings. The Kier molecular flexibility index (Phi) is 4.65. The highest BCUT2D eigenvalue weighted by atomic mass is 16.3. The summed E-state index contributed by atoms with van der Waals surface area (Å²) in [6.07, 6.45) is 10.5. The quantitative estimate of drug-likeness (QED) is 0.885. The van der Waals surface area contributed by atoms with Gasteiger partial charge >= 0.3 is 0 Å². The summed E-state index contributed by atoms with van der Waals surface area (Å²) in [6.45, 7) is 3.04. The highest BCUT2D eigenvalue weighted by Gasteiger charge is 2.22. The Labute approximate surface area is 132 Å². The highest BCUT2D eigenvalue weighted by molar-refractivity contribution is 5.85. The van der Waals surface area contributed by atoms with E-state index in [1.807, 2.05) is 13.0 Å². The molecule has 3 nitrogen and oxygen atoms in total. The van der Waals surface area contributed by atoms with Gasteiger partial charge in [-0.05, 0) is 69.5 Å². The van der Waals surface area contributed by atoms with Crippen molar-refractivity contribution in [3.8, 4) is 0 Å². The Balaban J connectivity index is 1.80. The minimum Gasteiger partial charge on any atom is -0.393 e. The number of aromatic nitrogens is 1. The molecule has 0 amide bonds. The lowest BCUT2D eigenvalue weighted by Crippen LogP contribution is -2.26. The summed E-state index contributed by atoms with van der Waals surface area (Å²) in [5.74, 6) is 0. The third kappa shape index (κ3) is 3.42. The lowest BCUT2D eigenvalue weighted by atomic mass is 10.0. The molecule has 118 valence electrons. The summed E-state index contributed by atoms with van der Waals surface area (Å²) >= 11 is 0. The third-order valence-corrected chi connectivity index (χ3v) is 4.71. The molecule has 3 rings (SSSR count). The van der Waals surface area contributed by atoms with Crippen LogP contribution in [0, 0.1) is 0 Å². The van der Waals surface area contributed by atoms with Crippen LogP contribution in [0.1, 0.15) is 37.3 Å². The Morgan fingerprint density at radius 1 is 1.45 bits per heavy atom. The first-order valence-electron chi connectivity index (χ1n) is 8.28. The topological polar surface area (TPSA) is 39.3 Å². The summed E-state index contributed by atoms with van der Waals surface area (Å²) in [7, 11) is 2.23. The molecule has 0 saturated carbocycles. The maximum absolute atomic E-state index is 9.34. The van der Waals surface area contributed by atoms with Gasteiger partial charge in [0.2, 0.25) is 0 Å². The van der Waals surface area contributed by atoms with Gasteiger partial charge in [-0.3, -0.25) is 0 Å². The molecule has 0 aliphatic carbocycles. The van der Waals surface area contributed by atoms with Crippen LogP contribution in [0.5, 0.6) is 0 Å². The van der Waals surface area contributed by atoms with Gasteiger partial charge in [0.05, 0.1) is 6.10 Å². The third-order valence-electron chi connectivity index (χ3n) is 4.71. The van der Waals surface area contributed by atoms with Gasteiger partial charge in [-0.2, -0.15) is 0 Å². The van der Waals surface area contributed by atoms with Gasteiger partial charge < -0.3 is 15.0 Å². The minimum atomic E-state index is -0.277. The van der Waals surface area contributed by atoms with Crippen LogP contribution in [0.2, 0.25) is 0 Å². The zero-order valence-electron chi connectivity index (χ0n) is 13.5. The van der Waals surface area contributed by atoms with Crippen molar-refractivity contribution in [1.29, 1.82) is 0 Å². The first-order chi connectivity index (χ1) is 10.6. The summed E-state index contributed by atoms with van der Waals surface area (Å²) in [6, 6.07) is 7.21. The van der Waals surface area contributed by atoms with Gasteiger partial charge in [-0.1, -0.05) is 18.2 Å². The lowest BCUT2D eigenvalue weighted by Gasteiger charge is -2.18. The normalized spacial score (nSPS) is 21.1. The standard InChI is InChI=1S/C19H26N2O/c1-14(22)5-3-6-15-8-9-19-18(11-15)16(13-20-19)12-17-7-4-10-21(17)2/h3,6,8-9,11,13-14,17,20,22H,4-5,7,10,12H2,1-2H3/b6-3+/t14?,17-/m1/s1. The highest BCUT2D eigenvalue weighted by Crippen LogP contribution is 2.25. The van der Waals surface area contributed by atoms with E-state index in [0.717, 1.165) is 6.42 Å². The maximum atomic E-state index is 9.34.